The monoisotopic (exact) mass is 222 g/mol. The van der Waals surface area contributed by atoms with Crippen molar-refractivity contribution < 1.29 is 9.21 Å². The summed E-state index contributed by atoms with van der Waals surface area (Å²) in [6, 6.07) is 2.21. The molecule has 0 saturated heterocycles. The third-order valence-corrected chi connectivity index (χ3v) is 2.87. The minimum absolute atomic E-state index is 0.206. The van der Waals surface area contributed by atoms with Gasteiger partial charge in [-0.15, -0.1) is 0 Å². The molecule has 0 bridgehead atoms. The second-order valence-corrected chi connectivity index (χ2v) is 4.30. The molecule has 88 valence electrons. The molecule has 4 nitrogen and oxygen atoms in total. The van der Waals surface area contributed by atoms with Gasteiger partial charge in [0.2, 0.25) is 5.91 Å². The van der Waals surface area contributed by atoms with Crippen LogP contribution >= 0.6 is 0 Å². The maximum Gasteiger partial charge on any atom is 0.223 e. The van der Waals surface area contributed by atoms with Gasteiger partial charge in [0.1, 0.15) is 0 Å². The molecule has 0 spiro atoms. The molecule has 1 amide bonds. The molecule has 4 heteroatoms. The topological polar surface area (TPSA) is 54.3 Å². The van der Waals surface area contributed by atoms with Crippen molar-refractivity contribution in [2.75, 3.05) is 13.1 Å². The highest BCUT2D eigenvalue weighted by atomic mass is 16.3. The maximum absolute atomic E-state index is 11.3. The fraction of sp³-hybridized carbons (Fsp3) is 0.583. The summed E-state index contributed by atoms with van der Waals surface area (Å²) in [7, 11) is 0. The molecule has 1 aliphatic rings. The summed E-state index contributed by atoms with van der Waals surface area (Å²) in [6.45, 7) is 3.55. The lowest BCUT2D eigenvalue weighted by Crippen LogP contribution is -2.33. The Morgan fingerprint density at radius 3 is 3.00 bits per heavy atom. The van der Waals surface area contributed by atoms with Gasteiger partial charge in [0, 0.05) is 30.6 Å². The predicted molar refractivity (Wildman–Crippen MR) is 60.9 cm³/mol. The van der Waals surface area contributed by atoms with E-state index in [2.05, 4.69) is 17.6 Å². The van der Waals surface area contributed by atoms with Crippen LogP contribution in [0.4, 0.5) is 0 Å². The van der Waals surface area contributed by atoms with Gasteiger partial charge in [-0.2, -0.15) is 0 Å². The highest BCUT2D eigenvalue weighted by molar-refractivity contribution is 5.80. The second-order valence-electron chi connectivity index (χ2n) is 4.30. The van der Waals surface area contributed by atoms with Crippen molar-refractivity contribution in [1.29, 1.82) is 0 Å². The van der Waals surface area contributed by atoms with E-state index in [1.54, 1.807) is 12.5 Å². The third kappa shape index (κ3) is 3.10. The number of hydrogen-bond acceptors (Lipinski definition) is 3. The van der Waals surface area contributed by atoms with Crippen molar-refractivity contribution in [3.05, 3.63) is 24.2 Å². The largest absolute Gasteiger partial charge is 0.472 e. The summed E-state index contributed by atoms with van der Waals surface area (Å²) in [5, 5.41) is 6.25. The molecular weight excluding hydrogens is 204 g/mol. The first-order chi connectivity index (χ1) is 7.77. The zero-order valence-electron chi connectivity index (χ0n) is 9.53. The van der Waals surface area contributed by atoms with E-state index in [0.717, 1.165) is 24.9 Å². The molecule has 16 heavy (non-hydrogen) atoms. The average molecular weight is 222 g/mol. The van der Waals surface area contributed by atoms with Crippen molar-refractivity contribution >= 4 is 5.91 Å². The molecule has 2 rings (SSSR count). The molecule has 0 aromatic carbocycles. The Labute approximate surface area is 95.4 Å². The summed E-state index contributed by atoms with van der Waals surface area (Å²) in [5.41, 5.74) is 1.13. The van der Waals surface area contributed by atoms with Crippen LogP contribution in [-0.2, 0) is 4.79 Å². The molecule has 1 unspecified atom stereocenters. The Balaban J connectivity index is 1.59. The zero-order valence-corrected chi connectivity index (χ0v) is 9.53. The zero-order chi connectivity index (χ0) is 11.4. The van der Waals surface area contributed by atoms with Gasteiger partial charge in [0.05, 0.1) is 12.5 Å². The van der Waals surface area contributed by atoms with Crippen LogP contribution in [0.3, 0.4) is 0 Å². The molecule has 1 aromatic rings. The van der Waals surface area contributed by atoms with Crippen molar-refractivity contribution in [3.63, 3.8) is 0 Å². The van der Waals surface area contributed by atoms with E-state index in [-0.39, 0.29) is 11.9 Å². The molecule has 1 aromatic heterocycles. The van der Waals surface area contributed by atoms with Gasteiger partial charge in [-0.25, -0.2) is 0 Å². The quantitative estimate of drug-likeness (QED) is 0.716. The summed E-state index contributed by atoms with van der Waals surface area (Å²) in [4.78, 5) is 11.3. The lowest BCUT2D eigenvalue weighted by Gasteiger charge is -2.12. The normalized spacial score (nSPS) is 17.1. The van der Waals surface area contributed by atoms with Crippen LogP contribution in [0, 0.1) is 5.92 Å². The number of hydrogen-bond donors (Lipinski definition) is 2. The van der Waals surface area contributed by atoms with E-state index in [1.807, 2.05) is 6.07 Å². The number of carbonyl (C=O) groups excluding carboxylic acids is 1. The molecule has 1 atom stereocenters. The second kappa shape index (κ2) is 5.16. The smallest absolute Gasteiger partial charge is 0.223 e. The standard InChI is InChI=1S/C12H18N2O2/c1-9(11-4-7-16-8-11)13-5-6-14-12(15)10-2-3-10/h4,7-10,13H,2-3,5-6H2,1H3,(H,14,15). The van der Waals surface area contributed by atoms with Crippen LogP contribution in [0.15, 0.2) is 23.0 Å². The van der Waals surface area contributed by atoms with Crippen LogP contribution in [0.2, 0.25) is 0 Å². The first-order valence-electron chi connectivity index (χ1n) is 5.80. The average Bonchev–Trinajstić information content (AvgIpc) is 2.99. The van der Waals surface area contributed by atoms with E-state index in [0.29, 0.717) is 12.5 Å². The van der Waals surface area contributed by atoms with Gasteiger partial charge >= 0.3 is 0 Å². The Bertz CT molecular complexity index is 331. The molecule has 1 fully saturated rings. The lowest BCUT2D eigenvalue weighted by atomic mass is 10.2. The van der Waals surface area contributed by atoms with Gasteiger partial charge in [0.25, 0.3) is 0 Å². The summed E-state index contributed by atoms with van der Waals surface area (Å²) in [5.74, 6) is 0.504. The van der Waals surface area contributed by atoms with Gasteiger partial charge in [-0.3, -0.25) is 4.79 Å². The molecule has 1 aliphatic carbocycles. The number of nitrogens with one attached hydrogen (secondary N) is 2. The Morgan fingerprint density at radius 1 is 1.56 bits per heavy atom. The van der Waals surface area contributed by atoms with Crippen molar-refractivity contribution in [3.8, 4) is 0 Å². The van der Waals surface area contributed by atoms with Gasteiger partial charge in [-0.1, -0.05) is 0 Å². The van der Waals surface area contributed by atoms with E-state index in [4.69, 9.17) is 4.42 Å². The van der Waals surface area contributed by atoms with E-state index < -0.39 is 0 Å². The highest BCUT2D eigenvalue weighted by Crippen LogP contribution is 2.28. The molecule has 2 N–H and O–H groups in total. The summed E-state index contributed by atoms with van der Waals surface area (Å²) >= 11 is 0. The Morgan fingerprint density at radius 2 is 2.38 bits per heavy atom. The fourth-order valence-corrected chi connectivity index (χ4v) is 1.60. The fourth-order valence-electron chi connectivity index (χ4n) is 1.60. The van der Waals surface area contributed by atoms with Gasteiger partial charge in [0.15, 0.2) is 0 Å². The molecule has 1 heterocycles. The van der Waals surface area contributed by atoms with E-state index >= 15 is 0 Å². The lowest BCUT2D eigenvalue weighted by molar-refractivity contribution is -0.122. The van der Waals surface area contributed by atoms with Crippen LogP contribution in [0.25, 0.3) is 0 Å². The van der Waals surface area contributed by atoms with Crippen molar-refractivity contribution in [2.45, 2.75) is 25.8 Å². The van der Waals surface area contributed by atoms with Crippen molar-refractivity contribution in [1.82, 2.24) is 10.6 Å². The number of carbonyl (C=O) groups is 1. The van der Waals surface area contributed by atoms with Crippen LogP contribution in [0.1, 0.15) is 31.4 Å². The number of rotatable bonds is 6. The van der Waals surface area contributed by atoms with Crippen LogP contribution in [0.5, 0.6) is 0 Å². The van der Waals surface area contributed by atoms with E-state index in [9.17, 15) is 4.79 Å². The van der Waals surface area contributed by atoms with E-state index in [1.165, 1.54) is 0 Å². The molecule has 1 saturated carbocycles. The van der Waals surface area contributed by atoms with Gasteiger partial charge < -0.3 is 15.1 Å². The molecule has 0 radical (unpaired) electrons. The van der Waals surface area contributed by atoms with Gasteiger partial charge in [-0.05, 0) is 25.8 Å². The minimum Gasteiger partial charge on any atom is -0.472 e. The Kier molecular flexibility index (Phi) is 3.62. The Hall–Kier alpha value is -1.29. The number of furan rings is 1. The molecule has 0 aliphatic heterocycles. The number of amides is 1. The summed E-state index contributed by atoms with van der Waals surface area (Å²) in [6.07, 6.45) is 5.53. The third-order valence-electron chi connectivity index (χ3n) is 2.87. The van der Waals surface area contributed by atoms with Crippen LogP contribution in [-0.4, -0.2) is 19.0 Å². The molecular formula is C12H18N2O2. The van der Waals surface area contributed by atoms with Crippen molar-refractivity contribution in [2.24, 2.45) is 5.92 Å². The first-order valence-corrected chi connectivity index (χ1v) is 5.80. The predicted octanol–water partition coefficient (Wildman–Crippen LogP) is 1.46. The SMILES string of the molecule is CC(NCCNC(=O)C1CC1)c1ccoc1. The highest BCUT2D eigenvalue weighted by Gasteiger charge is 2.28. The summed E-state index contributed by atoms with van der Waals surface area (Å²) < 4.78 is 5.01. The minimum atomic E-state index is 0.206. The first kappa shape index (κ1) is 11.2. The maximum atomic E-state index is 11.3. The van der Waals surface area contributed by atoms with Crippen LogP contribution < -0.4 is 10.6 Å².